The fourth-order valence-electron chi connectivity index (χ4n) is 3.25. The number of aryl methyl sites for hydroxylation is 1. The Bertz CT molecular complexity index is 976. The molecule has 0 radical (unpaired) electrons. The van der Waals surface area contributed by atoms with Crippen LogP contribution in [0.1, 0.15) is 24.2 Å². The van der Waals surface area contributed by atoms with Gasteiger partial charge in [0.1, 0.15) is 11.6 Å². The SMILES string of the molecule is Cc1cccc(OCCSc2nnc(CN3CCCC3=O)n2-c2ccccn2)c1. The van der Waals surface area contributed by atoms with Crippen molar-refractivity contribution in [2.75, 3.05) is 18.9 Å². The smallest absolute Gasteiger partial charge is 0.223 e. The third kappa shape index (κ3) is 4.76. The number of hydrogen-bond donors (Lipinski definition) is 0. The summed E-state index contributed by atoms with van der Waals surface area (Å²) in [5, 5.41) is 9.47. The van der Waals surface area contributed by atoms with Gasteiger partial charge < -0.3 is 9.64 Å². The van der Waals surface area contributed by atoms with Crippen LogP contribution in [0, 0.1) is 6.92 Å². The van der Waals surface area contributed by atoms with Crippen LogP contribution in [0.25, 0.3) is 5.82 Å². The maximum atomic E-state index is 12.0. The molecule has 0 N–H and O–H groups in total. The fraction of sp³-hybridized carbons (Fsp3) is 0.333. The number of ether oxygens (including phenoxy) is 1. The molecular formula is C21H23N5O2S. The number of aromatic nitrogens is 4. The van der Waals surface area contributed by atoms with Gasteiger partial charge in [0.05, 0.1) is 13.2 Å². The molecule has 1 aliphatic rings. The molecule has 3 aromatic rings. The lowest BCUT2D eigenvalue weighted by molar-refractivity contribution is -0.128. The third-order valence-corrected chi connectivity index (χ3v) is 5.55. The number of amides is 1. The maximum Gasteiger partial charge on any atom is 0.223 e. The third-order valence-electron chi connectivity index (χ3n) is 4.66. The summed E-state index contributed by atoms with van der Waals surface area (Å²) in [6, 6.07) is 13.7. The van der Waals surface area contributed by atoms with Gasteiger partial charge in [-0.1, -0.05) is 30.0 Å². The first-order valence-electron chi connectivity index (χ1n) is 9.66. The highest BCUT2D eigenvalue weighted by molar-refractivity contribution is 7.99. The van der Waals surface area contributed by atoms with Crippen LogP contribution in [0.3, 0.4) is 0 Å². The van der Waals surface area contributed by atoms with E-state index in [4.69, 9.17) is 4.74 Å². The molecule has 0 atom stereocenters. The van der Waals surface area contributed by atoms with E-state index in [0.29, 0.717) is 19.6 Å². The van der Waals surface area contributed by atoms with Gasteiger partial charge in [0.25, 0.3) is 0 Å². The van der Waals surface area contributed by atoms with Crippen molar-refractivity contribution in [3.05, 3.63) is 60.0 Å². The van der Waals surface area contributed by atoms with Gasteiger partial charge in [0.15, 0.2) is 11.0 Å². The van der Waals surface area contributed by atoms with Crippen LogP contribution in [0.4, 0.5) is 0 Å². The molecule has 150 valence electrons. The lowest BCUT2D eigenvalue weighted by Gasteiger charge is -2.16. The predicted molar refractivity (Wildman–Crippen MR) is 111 cm³/mol. The molecule has 7 nitrogen and oxygen atoms in total. The number of thioether (sulfide) groups is 1. The number of nitrogens with zero attached hydrogens (tertiary/aromatic N) is 5. The van der Waals surface area contributed by atoms with E-state index in [0.717, 1.165) is 41.3 Å². The minimum Gasteiger partial charge on any atom is -0.493 e. The fourth-order valence-corrected chi connectivity index (χ4v) is 4.03. The van der Waals surface area contributed by atoms with E-state index < -0.39 is 0 Å². The first-order chi connectivity index (χ1) is 14.2. The summed E-state index contributed by atoms with van der Waals surface area (Å²) in [5.41, 5.74) is 1.17. The zero-order valence-corrected chi connectivity index (χ0v) is 17.1. The molecule has 2 aromatic heterocycles. The molecule has 8 heteroatoms. The molecule has 1 saturated heterocycles. The summed E-state index contributed by atoms with van der Waals surface area (Å²) >= 11 is 1.57. The zero-order chi connectivity index (χ0) is 20.1. The van der Waals surface area contributed by atoms with E-state index in [1.54, 1.807) is 18.0 Å². The van der Waals surface area contributed by atoms with Crippen molar-refractivity contribution in [2.45, 2.75) is 31.5 Å². The van der Waals surface area contributed by atoms with E-state index in [-0.39, 0.29) is 5.91 Å². The quantitative estimate of drug-likeness (QED) is 0.420. The molecule has 1 aromatic carbocycles. The molecule has 4 rings (SSSR count). The lowest BCUT2D eigenvalue weighted by atomic mass is 10.2. The van der Waals surface area contributed by atoms with Gasteiger partial charge in [-0.3, -0.25) is 9.36 Å². The molecule has 1 amide bonds. The van der Waals surface area contributed by atoms with Gasteiger partial charge in [-0.15, -0.1) is 10.2 Å². The first-order valence-corrected chi connectivity index (χ1v) is 10.6. The molecule has 29 heavy (non-hydrogen) atoms. The minimum absolute atomic E-state index is 0.168. The van der Waals surface area contributed by atoms with Crippen molar-refractivity contribution >= 4 is 17.7 Å². The summed E-state index contributed by atoms with van der Waals surface area (Å²) in [5.74, 6) is 3.23. The van der Waals surface area contributed by atoms with Crippen LogP contribution in [0.2, 0.25) is 0 Å². The molecule has 0 bridgehead atoms. The van der Waals surface area contributed by atoms with Crippen molar-refractivity contribution in [1.82, 2.24) is 24.6 Å². The highest BCUT2D eigenvalue weighted by Gasteiger charge is 2.24. The Morgan fingerprint density at radius 1 is 1.17 bits per heavy atom. The summed E-state index contributed by atoms with van der Waals surface area (Å²) in [6.45, 7) is 3.82. The standard InChI is InChI=1S/C21H23N5O2S/c1-16-6-4-7-17(14-16)28-12-13-29-21-24-23-19(15-25-11-5-9-20(25)27)26(21)18-8-2-3-10-22-18/h2-4,6-8,10,14H,5,9,11-13,15H2,1H3. The van der Waals surface area contributed by atoms with Gasteiger partial charge in [0, 0.05) is 24.9 Å². The average molecular weight is 410 g/mol. The summed E-state index contributed by atoms with van der Waals surface area (Å²) in [7, 11) is 0. The number of carbonyl (C=O) groups is 1. The van der Waals surface area contributed by atoms with E-state index in [2.05, 4.69) is 15.2 Å². The van der Waals surface area contributed by atoms with Gasteiger partial charge in [-0.2, -0.15) is 0 Å². The predicted octanol–water partition coefficient (Wildman–Crippen LogP) is 3.26. The number of benzene rings is 1. The minimum atomic E-state index is 0.168. The Morgan fingerprint density at radius 3 is 2.86 bits per heavy atom. The molecule has 1 aliphatic heterocycles. The summed E-state index contributed by atoms with van der Waals surface area (Å²) in [6.07, 6.45) is 3.25. The molecular weight excluding hydrogens is 386 g/mol. The zero-order valence-electron chi connectivity index (χ0n) is 16.3. The van der Waals surface area contributed by atoms with Gasteiger partial charge in [0.2, 0.25) is 5.91 Å². The highest BCUT2D eigenvalue weighted by atomic mass is 32.2. The number of pyridine rings is 1. The Labute approximate surface area is 174 Å². The average Bonchev–Trinajstić information content (AvgIpc) is 3.32. The van der Waals surface area contributed by atoms with E-state index in [1.807, 2.05) is 58.9 Å². The number of carbonyl (C=O) groups excluding carboxylic acids is 1. The Morgan fingerprint density at radius 2 is 2.10 bits per heavy atom. The van der Waals surface area contributed by atoms with E-state index in [1.165, 1.54) is 5.56 Å². The lowest BCUT2D eigenvalue weighted by Crippen LogP contribution is -2.25. The number of hydrogen-bond acceptors (Lipinski definition) is 6. The first kappa shape index (κ1) is 19.4. The number of rotatable bonds is 8. The Balaban J connectivity index is 1.46. The van der Waals surface area contributed by atoms with E-state index >= 15 is 0 Å². The van der Waals surface area contributed by atoms with Crippen LogP contribution in [0.5, 0.6) is 5.75 Å². The van der Waals surface area contributed by atoms with Crippen LogP contribution < -0.4 is 4.74 Å². The normalized spacial score (nSPS) is 13.8. The Hall–Kier alpha value is -2.87. The number of likely N-dealkylation sites (tertiary alicyclic amines) is 1. The molecule has 1 fully saturated rings. The van der Waals surface area contributed by atoms with Crippen LogP contribution in [-0.2, 0) is 11.3 Å². The molecule has 0 saturated carbocycles. The monoisotopic (exact) mass is 409 g/mol. The van der Waals surface area contributed by atoms with E-state index in [9.17, 15) is 4.79 Å². The van der Waals surface area contributed by atoms with Crippen molar-refractivity contribution < 1.29 is 9.53 Å². The van der Waals surface area contributed by atoms with Crippen LogP contribution in [0.15, 0.2) is 53.8 Å². The molecule has 0 spiro atoms. The van der Waals surface area contributed by atoms with Crippen LogP contribution in [-0.4, -0.2) is 49.5 Å². The molecule has 0 aliphatic carbocycles. The highest BCUT2D eigenvalue weighted by Crippen LogP contribution is 2.23. The van der Waals surface area contributed by atoms with Gasteiger partial charge in [-0.05, 0) is 43.2 Å². The summed E-state index contributed by atoms with van der Waals surface area (Å²) in [4.78, 5) is 18.3. The van der Waals surface area contributed by atoms with Crippen molar-refractivity contribution in [2.24, 2.45) is 0 Å². The molecule has 0 unspecified atom stereocenters. The second kappa shape index (κ2) is 9.09. The second-order valence-corrected chi connectivity index (χ2v) is 7.92. The van der Waals surface area contributed by atoms with Gasteiger partial charge >= 0.3 is 0 Å². The largest absolute Gasteiger partial charge is 0.493 e. The summed E-state index contributed by atoms with van der Waals surface area (Å²) < 4.78 is 7.77. The topological polar surface area (TPSA) is 73.1 Å². The van der Waals surface area contributed by atoms with Crippen molar-refractivity contribution in [3.63, 3.8) is 0 Å². The maximum absolute atomic E-state index is 12.0. The molecule has 3 heterocycles. The van der Waals surface area contributed by atoms with Crippen molar-refractivity contribution in [1.29, 1.82) is 0 Å². The van der Waals surface area contributed by atoms with Crippen LogP contribution >= 0.6 is 11.8 Å². The van der Waals surface area contributed by atoms with Crippen molar-refractivity contribution in [3.8, 4) is 11.6 Å². The van der Waals surface area contributed by atoms with Gasteiger partial charge in [-0.25, -0.2) is 4.98 Å². The Kier molecular flexibility index (Phi) is 6.09. The second-order valence-electron chi connectivity index (χ2n) is 6.85.